The molecule has 0 unspecified atom stereocenters. The van der Waals surface area contributed by atoms with Gasteiger partial charge >= 0.3 is 5.97 Å². The molecule has 1 heterocycles. The van der Waals surface area contributed by atoms with E-state index in [0.29, 0.717) is 13.0 Å². The molecule has 5 heteroatoms. The first-order valence-corrected chi connectivity index (χ1v) is 9.30. The van der Waals surface area contributed by atoms with Gasteiger partial charge in [-0.1, -0.05) is 68.4 Å². The van der Waals surface area contributed by atoms with Gasteiger partial charge in [-0.05, 0) is 22.6 Å². The van der Waals surface area contributed by atoms with Crippen LogP contribution in [0.3, 0.4) is 0 Å². The molecular weight excluding hydrogens is 340 g/mol. The number of ether oxygens (including phenoxy) is 1. The fourth-order valence-electron chi connectivity index (χ4n) is 3.27. The van der Waals surface area contributed by atoms with Crippen LogP contribution in [0, 0.1) is 5.92 Å². The van der Waals surface area contributed by atoms with Crippen molar-refractivity contribution in [3.8, 4) is 0 Å². The molecule has 2 aromatic rings. The Balaban J connectivity index is 1.80. The number of fused-ring (bicyclic) bond motifs is 1. The normalized spacial score (nSPS) is 17.3. The second kappa shape index (κ2) is 8.35. The lowest BCUT2D eigenvalue weighted by molar-refractivity contribution is -0.158. The summed E-state index contributed by atoms with van der Waals surface area (Å²) in [6.07, 6.45) is 0.445. The van der Waals surface area contributed by atoms with E-state index in [9.17, 15) is 9.59 Å². The third-order valence-corrected chi connectivity index (χ3v) is 5.03. The number of hydrogen-bond donors (Lipinski definition) is 1. The minimum Gasteiger partial charge on any atom is -0.459 e. The van der Waals surface area contributed by atoms with Crippen LogP contribution in [0.25, 0.3) is 0 Å². The molecular formula is C22H26N2O3. The van der Waals surface area contributed by atoms with Crippen molar-refractivity contribution in [2.24, 2.45) is 11.7 Å². The van der Waals surface area contributed by atoms with Crippen LogP contribution in [0.2, 0.25) is 0 Å². The van der Waals surface area contributed by atoms with Crippen LogP contribution < -0.4 is 5.73 Å². The van der Waals surface area contributed by atoms with Crippen molar-refractivity contribution in [2.45, 2.75) is 45.5 Å². The summed E-state index contributed by atoms with van der Waals surface area (Å²) in [5.74, 6) is -0.602. The van der Waals surface area contributed by atoms with Crippen LogP contribution >= 0.6 is 0 Å². The minimum atomic E-state index is -0.652. The zero-order valence-electron chi connectivity index (χ0n) is 15.8. The Morgan fingerprint density at radius 2 is 1.70 bits per heavy atom. The number of nitrogens with two attached hydrogens (primary N) is 1. The van der Waals surface area contributed by atoms with Crippen molar-refractivity contribution in [3.63, 3.8) is 0 Å². The van der Waals surface area contributed by atoms with Crippen LogP contribution in [0.4, 0.5) is 0 Å². The average molecular weight is 366 g/mol. The van der Waals surface area contributed by atoms with Crippen molar-refractivity contribution in [1.29, 1.82) is 0 Å². The van der Waals surface area contributed by atoms with E-state index in [0.717, 1.165) is 16.7 Å². The van der Waals surface area contributed by atoms with Crippen LogP contribution in [0.1, 0.15) is 30.5 Å². The Labute approximate surface area is 160 Å². The molecule has 0 aliphatic carbocycles. The third-order valence-electron chi connectivity index (χ3n) is 5.03. The summed E-state index contributed by atoms with van der Waals surface area (Å²) < 4.78 is 5.53. The van der Waals surface area contributed by atoms with Crippen molar-refractivity contribution < 1.29 is 14.3 Å². The first-order chi connectivity index (χ1) is 13.0. The maximum Gasteiger partial charge on any atom is 0.329 e. The van der Waals surface area contributed by atoms with Crippen LogP contribution in [0.5, 0.6) is 0 Å². The molecule has 0 fully saturated rings. The number of benzene rings is 2. The highest BCUT2D eigenvalue weighted by atomic mass is 16.5. The van der Waals surface area contributed by atoms with E-state index in [4.69, 9.17) is 10.5 Å². The monoisotopic (exact) mass is 366 g/mol. The number of carbonyl (C=O) groups excluding carboxylic acids is 2. The summed E-state index contributed by atoms with van der Waals surface area (Å²) >= 11 is 0. The predicted molar refractivity (Wildman–Crippen MR) is 104 cm³/mol. The maximum absolute atomic E-state index is 12.9. The largest absolute Gasteiger partial charge is 0.459 e. The van der Waals surface area contributed by atoms with E-state index < -0.39 is 18.1 Å². The molecule has 5 nitrogen and oxygen atoms in total. The molecule has 2 atom stereocenters. The van der Waals surface area contributed by atoms with E-state index in [1.807, 2.05) is 68.4 Å². The molecule has 1 amide bonds. The molecule has 0 bridgehead atoms. The molecule has 0 radical (unpaired) electrons. The van der Waals surface area contributed by atoms with Gasteiger partial charge in [-0.2, -0.15) is 0 Å². The second-order valence-electron chi connectivity index (χ2n) is 7.32. The van der Waals surface area contributed by atoms with Gasteiger partial charge in [0.2, 0.25) is 5.91 Å². The van der Waals surface area contributed by atoms with E-state index in [1.54, 1.807) is 4.90 Å². The van der Waals surface area contributed by atoms with E-state index in [1.165, 1.54) is 0 Å². The van der Waals surface area contributed by atoms with Gasteiger partial charge in [-0.3, -0.25) is 4.79 Å². The SMILES string of the molecule is CC(C)[C@H](N)C(=O)N1Cc2ccccc2C[C@@H]1C(=O)OCc1ccccc1. The van der Waals surface area contributed by atoms with Gasteiger partial charge in [-0.25, -0.2) is 4.79 Å². The van der Waals surface area contributed by atoms with Crippen LogP contribution in [-0.2, 0) is 33.9 Å². The summed E-state index contributed by atoms with van der Waals surface area (Å²) in [6, 6.07) is 16.1. The lowest BCUT2D eigenvalue weighted by Gasteiger charge is -2.37. The molecule has 3 rings (SSSR count). The Morgan fingerprint density at radius 1 is 1.07 bits per heavy atom. The lowest BCUT2D eigenvalue weighted by atomic mass is 9.92. The fraction of sp³-hybridized carbons (Fsp3) is 0.364. The molecule has 1 aliphatic rings. The quantitative estimate of drug-likeness (QED) is 0.826. The van der Waals surface area contributed by atoms with E-state index in [-0.39, 0.29) is 18.4 Å². The number of rotatable bonds is 5. The minimum absolute atomic E-state index is 0.00402. The highest BCUT2D eigenvalue weighted by Crippen LogP contribution is 2.25. The Hall–Kier alpha value is -2.66. The highest BCUT2D eigenvalue weighted by Gasteiger charge is 2.38. The Bertz CT molecular complexity index is 804. The van der Waals surface area contributed by atoms with Gasteiger partial charge in [0.15, 0.2) is 0 Å². The fourth-order valence-corrected chi connectivity index (χ4v) is 3.27. The molecule has 0 saturated heterocycles. The summed E-state index contributed by atoms with van der Waals surface area (Å²) in [5, 5.41) is 0. The molecule has 27 heavy (non-hydrogen) atoms. The van der Waals surface area contributed by atoms with E-state index in [2.05, 4.69) is 0 Å². The average Bonchev–Trinajstić information content (AvgIpc) is 2.70. The number of carbonyl (C=O) groups is 2. The second-order valence-corrected chi connectivity index (χ2v) is 7.32. The highest BCUT2D eigenvalue weighted by molar-refractivity contribution is 5.88. The zero-order valence-corrected chi connectivity index (χ0v) is 15.8. The standard InChI is InChI=1S/C22H26N2O3/c1-15(2)20(23)21(25)24-13-18-11-7-6-10-17(18)12-19(24)22(26)27-14-16-8-4-3-5-9-16/h3-11,15,19-20H,12-14,23H2,1-2H3/t19-,20+/m1/s1. The van der Waals surface area contributed by atoms with Gasteiger partial charge in [0.1, 0.15) is 12.6 Å². The molecule has 1 aliphatic heterocycles. The molecule has 0 aromatic heterocycles. The smallest absolute Gasteiger partial charge is 0.329 e. The van der Waals surface area contributed by atoms with Gasteiger partial charge in [-0.15, -0.1) is 0 Å². The number of amides is 1. The van der Waals surface area contributed by atoms with Gasteiger partial charge in [0.05, 0.1) is 6.04 Å². The first kappa shape index (κ1) is 19.1. The summed E-state index contributed by atoms with van der Waals surface area (Å²) in [4.78, 5) is 27.3. The number of esters is 1. The van der Waals surface area contributed by atoms with Crippen molar-refractivity contribution in [1.82, 2.24) is 4.90 Å². The molecule has 142 valence electrons. The van der Waals surface area contributed by atoms with Gasteiger partial charge < -0.3 is 15.4 Å². The lowest BCUT2D eigenvalue weighted by Crippen LogP contribution is -2.55. The molecule has 2 aromatic carbocycles. The summed E-state index contributed by atoms with van der Waals surface area (Å²) in [5.41, 5.74) is 9.13. The predicted octanol–water partition coefficient (Wildman–Crippen LogP) is 2.67. The van der Waals surface area contributed by atoms with Gasteiger partial charge in [0.25, 0.3) is 0 Å². The van der Waals surface area contributed by atoms with Crippen LogP contribution in [0.15, 0.2) is 54.6 Å². The number of hydrogen-bond acceptors (Lipinski definition) is 4. The van der Waals surface area contributed by atoms with Gasteiger partial charge in [0, 0.05) is 13.0 Å². The summed E-state index contributed by atoms with van der Waals surface area (Å²) in [7, 11) is 0. The van der Waals surface area contributed by atoms with Crippen molar-refractivity contribution in [2.75, 3.05) is 0 Å². The third kappa shape index (κ3) is 4.37. The Kier molecular flexibility index (Phi) is 5.91. The van der Waals surface area contributed by atoms with Crippen molar-refractivity contribution in [3.05, 3.63) is 71.3 Å². The maximum atomic E-state index is 12.9. The van der Waals surface area contributed by atoms with Crippen molar-refractivity contribution >= 4 is 11.9 Å². The summed E-state index contributed by atoms with van der Waals surface area (Å²) in [6.45, 7) is 4.38. The molecule has 0 saturated carbocycles. The Morgan fingerprint density at radius 3 is 2.37 bits per heavy atom. The molecule has 0 spiro atoms. The first-order valence-electron chi connectivity index (χ1n) is 9.30. The zero-order chi connectivity index (χ0) is 19.4. The topological polar surface area (TPSA) is 72.6 Å². The number of nitrogens with zero attached hydrogens (tertiary/aromatic N) is 1. The van der Waals surface area contributed by atoms with Crippen LogP contribution in [-0.4, -0.2) is 28.9 Å². The van der Waals surface area contributed by atoms with E-state index >= 15 is 0 Å². The molecule has 2 N–H and O–H groups in total.